The molecular formula is C12H22FNO2. The molecule has 1 aliphatic rings. The Morgan fingerprint density at radius 1 is 1.69 bits per heavy atom. The third-order valence-electron chi connectivity index (χ3n) is 2.36. The number of ether oxygens (including phenoxy) is 2. The van der Waals surface area contributed by atoms with E-state index < -0.39 is 5.72 Å². The van der Waals surface area contributed by atoms with E-state index in [2.05, 4.69) is 5.32 Å². The van der Waals surface area contributed by atoms with E-state index in [0.29, 0.717) is 13.0 Å². The molecule has 0 aromatic carbocycles. The molecule has 1 saturated heterocycles. The number of hydrogen-bond donors (Lipinski definition) is 1. The van der Waals surface area contributed by atoms with E-state index in [4.69, 9.17) is 9.47 Å². The Morgan fingerprint density at radius 2 is 2.38 bits per heavy atom. The summed E-state index contributed by atoms with van der Waals surface area (Å²) in [6.07, 6.45) is 2.12. The molecule has 2 atom stereocenters. The highest BCUT2D eigenvalue weighted by Crippen LogP contribution is 2.26. The normalized spacial score (nSPS) is 32.1. The molecule has 0 bridgehead atoms. The van der Waals surface area contributed by atoms with Crippen molar-refractivity contribution in [2.75, 3.05) is 13.2 Å². The van der Waals surface area contributed by atoms with Crippen molar-refractivity contribution in [1.82, 2.24) is 5.32 Å². The first-order valence-electron chi connectivity index (χ1n) is 5.89. The third-order valence-corrected chi connectivity index (χ3v) is 2.36. The molecule has 16 heavy (non-hydrogen) atoms. The Hall–Kier alpha value is -0.450. The van der Waals surface area contributed by atoms with Gasteiger partial charge in [0.1, 0.15) is 5.83 Å². The van der Waals surface area contributed by atoms with Crippen molar-refractivity contribution in [3.8, 4) is 0 Å². The molecule has 0 spiro atoms. The molecule has 4 heteroatoms. The van der Waals surface area contributed by atoms with Crippen LogP contribution in [0.3, 0.4) is 0 Å². The van der Waals surface area contributed by atoms with Gasteiger partial charge < -0.3 is 9.47 Å². The van der Waals surface area contributed by atoms with Crippen LogP contribution in [0.25, 0.3) is 0 Å². The standard InChI is InChI=1S/C12H22FNO2/c1-5-6-11(13)12(16-9(2)3)8-15-7-10(4)14-12/h6,9-10,14H,5,7-8H2,1-4H3/b11-6+/t10-,12?/m0/s1. The number of hydrogen-bond acceptors (Lipinski definition) is 3. The fourth-order valence-corrected chi connectivity index (χ4v) is 1.87. The van der Waals surface area contributed by atoms with Crippen molar-refractivity contribution < 1.29 is 13.9 Å². The molecule has 3 nitrogen and oxygen atoms in total. The zero-order valence-corrected chi connectivity index (χ0v) is 10.5. The Labute approximate surface area is 97.0 Å². The molecule has 1 fully saturated rings. The topological polar surface area (TPSA) is 30.5 Å². The Kier molecular flexibility index (Phi) is 4.89. The molecule has 94 valence electrons. The summed E-state index contributed by atoms with van der Waals surface area (Å²) in [6.45, 7) is 8.44. The quantitative estimate of drug-likeness (QED) is 0.805. The predicted molar refractivity (Wildman–Crippen MR) is 61.9 cm³/mol. The van der Waals surface area contributed by atoms with Crippen LogP contribution in [-0.2, 0) is 9.47 Å². The molecule has 0 saturated carbocycles. The third kappa shape index (κ3) is 3.27. The summed E-state index contributed by atoms with van der Waals surface area (Å²) in [5.41, 5.74) is -1.10. The summed E-state index contributed by atoms with van der Waals surface area (Å²) in [6, 6.07) is 0.0866. The second kappa shape index (κ2) is 5.75. The summed E-state index contributed by atoms with van der Waals surface area (Å²) < 4.78 is 25.2. The monoisotopic (exact) mass is 231 g/mol. The van der Waals surface area contributed by atoms with Gasteiger partial charge in [-0.1, -0.05) is 6.92 Å². The van der Waals surface area contributed by atoms with Crippen molar-refractivity contribution in [1.29, 1.82) is 0 Å². The highest BCUT2D eigenvalue weighted by Gasteiger charge is 2.41. The van der Waals surface area contributed by atoms with Crippen molar-refractivity contribution >= 4 is 0 Å². The summed E-state index contributed by atoms with van der Waals surface area (Å²) in [7, 11) is 0. The average Bonchev–Trinajstić information content (AvgIpc) is 2.16. The van der Waals surface area contributed by atoms with Gasteiger partial charge in [-0.15, -0.1) is 0 Å². The van der Waals surface area contributed by atoms with Gasteiger partial charge in [-0.2, -0.15) is 0 Å². The molecule has 1 aliphatic heterocycles. The van der Waals surface area contributed by atoms with Gasteiger partial charge in [0.25, 0.3) is 0 Å². The highest BCUT2D eigenvalue weighted by atomic mass is 19.1. The second-order valence-corrected chi connectivity index (χ2v) is 4.51. The highest BCUT2D eigenvalue weighted by molar-refractivity contribution is 5.11. The number of nitrogens with one attached hydrogen (secondary N) is 1. The fraction of sp³-hybridized carbons (Fsp3) is 0.833. The summed E-state index contributed by atoms with van der Waals surface area (Å²) >= 11 is 0. The van der Waals surface area contributed by atoms with Gasteiger partial charge in [-0.3, -0.25) is 5.32 Å². The van der Waals surface area contributed by atoms with Gasteiger partial charge >= 0.3 is 0 Å². The lowest BCUT2D eigenvalue weighted by Crippen LogP contribution is -2.61. The van der Waals surface area contributed by atoms with E-state index in [-0.39, 0.29) is 24.6 Å². The van der Waals surface area contributed by atoms with Crippen LogP contribution in [0.2, 0.25) is 0 Å². The van der Waals surface area contributed by atoms with Crippen molar-refractivity contribution in [3.63, 3.8) is 0 Å². The molecule has 1 N–H and O–H groups in total. The van der Waals surface area contributed by atoms with Crippen LogP contribution in [0.5, 0.6) is 0 Å². The van der Waals surface area contributed by atoms with E-state index in [0.717, 1.165) is 0 Å². The number of morpholine rings is 1. The van der Waals surface area contributed by atoms with E-state index in [1.807, 2.05) is 27.7 Å². The zero-order chi connectivity index (χ0) is 12.2. The van der Waals surface area contributed by atoms with Crippen LogP contribution in [0.15, 0.2) is 11.9 Å². The first-order chi connectivity index (χ1) is 7.50. The SMILES string of the molecule is CC/C=C(/F)C1(OC(C)C)COC[C@H](C)N1. The van der Waals surface area contributed by atoms with Crippen LogP contribution in [-0.4, -0.2) is 31.1 Å². The van der Waals surface area contributed by atoms with Crippen LogP contribution < -0.4 is 5.32 Å². The Morgan fingerprint density at radius 3 is 2.88 bits per heavy atom. The number of halogens is 1. The first kappa shape index (κ1) is 13.6. The zero-order valence-electron chi connectivity index (χ0n) is 10.5. The maximum atomic E-state index is 14.1. The van der Waals surface area contributed by atoms with Crippen LogP contribution >= 0.6 is 0 Å². The molecule has 0 amide bonds. The molecule has 0 aromatic rings. The molecule has 1 rings (SSSR count). The van der Waals surface area contributed by atoms with Gasteiger partial charge in [0.05, 0.1) is 19.3 Å². The number of rotatable bonds is 4. The second-order valence-electron chi connectivity index (χ2n) is 4.51. The predicted octanol–water partition coefficient (Wildman–Crippen LogP) is 2.38. The molecule has 1 unspecified atom stereocenters. The Bertz CT molecular complexity index is 251. The van der Waals surface area contributed by atoms with E-state index in [1.54, 1.807) is 0 Å². The molecular weight excluding hydrogens is 209 g/mol. The van der Waals surface area contributed by atoms with Gasteiger partial charge in [0.2, 0.25) is 0 Å². The van der Waals surface area contributed by atoms with Crippen molar-refractivity contribution in [2.24, 2.45) is 0 Å². The Balaban J connectivity index is 2.87. The van der Waals surface area contributed by atoms with Crippen molar-refractivity contribution in [2.45, 2.75) is 52.0 Å². The van der Waals surface area contributed by atoms with Gasteiger partial charge in [-0.05, 0) is 33.3 Å². The lowest BCUT2D eigenvalue weighted by molar-refractivity contribution is -0.161. The summed E-state index contributed by atoms with van der Waals surface area (Å²) in [4.78, 5) is 0. The molecule has 0 radical (unpaired) electrons. The van der Waals surface area contributed by atoms with Gasteiger partial charge in [0, 0.05) is 6.04 Å². The minimum absolute atomic E-state index is 0.0580. The number of allylic oxidation sites excluding steroid dienone is 1. The lowest BCUT2D eigenvalue weighted by Gasteiger charge is -2.41. The maximum Gasteiger partial charge on any atom is 0.195 e. The summed E-state index contributed by atoms with van der Waals surface area (Å²) in [5.74, 6) is -0.282. The van der Waals surface area contributed by atoms with Crippen LogP contribution in [0.1, 0.15) is 34.1 Å². The largest absolute Gasteiger partial charge is 0.375 e. The maximum absolute atomic E-state index is 14.1. The van der Waals surface area contributed by atoms with Gasteiger partial charge in [-0.25, -0.2) is 4.39 Å². The molecule has 1 heterocycles. The van der Waals surface area contributed by atoms with Crippen LogP contribution in [0.4, 0.5) is 4.39 Å². The van der Waals surface area contributed by atoms with Gasteiger partial charge in [0.15, 0.2) is 5.72 Å². The van der Waals surface area contributed by atoms with E-state index in [1.165, 1.54) is 6.08 Å². The van der Waals surface area contributed by atoms with E-state index in [9.17, 15) is 4.39 Å². The lowest BCUT2D eigenvalue weighted by atomic mass is 10.1. The minimum atomic E-state index is -1.10. The smallest absolute Gasteiger partial charge is 0.195 e. The van der Waals surface area contributed by atoms with Crippen molar-refractivity contribution in [3.05, 3.63) is 11.9 Å². The first-order valence-corrected chi connectivity index (χ1v) is 5.89. The van der Waals surface area contributed by atoms with Crippen LogP contribution in [0, 0.1) is 0 Å². The van der Waals surface area contributed by atoms with E-state index >= 15 is 0 Å². The molecule has 0 aromatic heterocycles. The summed E-state index contributed by atoms with van der Waals surface area (Å²) in [5, 5.41) is 3.16. The molecule has 0 aliphatic carbocycles. The fourth-order valence-electron chi connectivity index (χ4n) is 1.87. The minimum Gasteiger partial charge on any atom is -0.375 e. The average molecular weight is 231 g/mol.